The van der Waals surface area contributed by atoms with Gasteiger partial charge in [-0.25, -0.2) is 4.39 Å². The molecule has 0 saturated carbocycles. The van der Waals surface area contributed by atoms with Crippen LogP contribution in [0.25, 0.3) is 11.3 Å². The Bertz CT molecular complexity index is 1140. The molecule has 3 aromatic rings. The maximum Gasteiger partial charge on any atom is 0.252 e. The predicted molar refractivity (Wildman–Crippen MR) is 113 cm³/mol. The molecule has 0 aliphatic rings. The Morgan fingerprint density at radius 3 is 2.62 bits per heavy atom. The lowest BCUT2D eigenvalue weighted by atomic mass is 9.98. The second-order valence-corrected chi connectivity index (χ2v) is 7.34. The van der Waals surface area contributed by atoms with Gasteiger partial charge in [0.25, 0.3) is 5.91 Å². The van der Waals surface area contributed by atoms with Crippen molar-refractivity contribution in [2.24, 2.45) is 5.73 Å². The van der Waals surface area contributed by atoms with Gasteiger partial charge in [-0.1, -0.05) is 24.3 Å². The maximum absolute atomic E-state index is 13.9. The number of aromatic nitrogens is 1. The van der Waals surface area contributed by atoms with E-state index < -0.39 is 11.7 Å². The number of primary amides is 1. The number of nitrogens with two attached hydrogens (primary N) is 1. The molecule has 8 heteroatoms. The molecular formula is C21H15FIN3O3. The Labute approximate surface area is 179 Å². The van der Waals surface area contributed by atoms with E-state index >= 15 is 0 Å². The summed E-state index contributed by atoms with van der Waals surface area (Å²) in [7, 11) is 1.39. The van der Waals surface area contributed by atoms with Crippen LogP contribution in [-0.2, 0) is 6.42 Å². The van der Waals surface area contributed by atoms with E-state index in [-0.39, 0.29) is 22.6 Å². The third-order valence-electron chi connectivity index (χ3n) is 4.34. The summed E-state index contributed by atoms with van der Waals surface area (Å²) in [5.74, 6) is -1.22. The van der Waals surface area contributed by atoms with E-state index in [0.717, 1.165) is 11.6 Å². The number of nitriles is 1. The van der Waals surface area contributed by atoms with Crippen LogP contribution < -0.4 is 10.5 Å². The van der Waals surface area contributed by atoms with E-state index in [2.05, 4.69) is 4.98 Å². The molecule has 0 fully saturated rings. The predicted octanol–water partition coefficient (Wildman–Crippen LogP) is 3.77. The van der Waals surface area contributed by atoms with Crippen molar-refractivity contribution in [2.75, 3.05) is 7.11 Å². The number of ether oxygens (including phenoxy) is 1. The highest BCUT2D eigenvalue weighted by Gasteiger charge is 2.17. The SMILES string of the molecule is COc1c(Cc2ccc(-c3ncc(I)c(O)c3C#N)cc2)cc(F)cc1C(N)=O. The van der Waals surface area contributed by atoms with Crippen molar-refractivity contribution < 1.29 is 19.0 Å². The summed E-state index contributed by atoms with van der Waals surface area (Å²) in [6.07, 6.45) is 1.79. The number of carbonyl (C=O) groups is 1. The molecule has 1 heterocycles. The van der Waals surface area contributed by atoms with Crippen molar-refractivity contribution in [1.29, 1.82) is 5.26 Å². The Morgan fingerprint density at radius 2 is 2.03 bits per heavy atom. The highest BCUT2D eigenvalue weighted by molar-refractivity contribution is 14.1. The average Bonchev–Trinajstić information content (AvgIpc) is 2.70. The first-order valence-electron chi connectivity index (χ1n) is 8.38. The zero-order valence-electron chi connectivity index (χ0n) is 15.2. The summed E-state index contributed by atoms with van der Waals surface area (Å²) >= 11 is 1.90. The van der Waals surface area contributed by atoms with E-state index in [0.29, 0.717) is 26.8 Å². The Balaban J connectivity index is 1.97. The van der Waals surface area contributed by atoms with E-state index in [1.165, 1.54) is 19.4 Å². The van der Waals surface area contributed by atoms with Crippen LogP contribution in [-0.4, -0.2) is 23.1 Å². The van der Waals surface area contributed by atoms with Gasteiger partial charge in [0.15, 0.2) is 0 Å². The molecule has 0 aliphatic carbocycles. The highest BCUT2D eigenvalue weighted by Crippen LogP contribution is 2.32. The number of methoxy groups -OCH3 is 1. The molecule has 1 amide bonds. The molecule has 0 bridgehead atoms. The molecule has 0 atom stereocenters. The number of hydrogen-bond donors (Lipinski definition) is 2. The van der Waals surface area contributed by atoms with Crippen molar-refractivity contribution in [3.8, 4) is 28.8 Å². The van der Waals surface area contributed by atoms with E-state index in [1.807, 2.05) is 28.7 Å². The number of rotatable bonds is 5. The second-order valence-electron chi connectivity index (χ2n) is 6.17. The zero-order chi connectivity index (χ0) is 21.1. The summed E-state index contributed by atoms with van der Waals surface area (Å²) in [4.78, 5) is 15.8. The van der Waals surface area contributed by atoms with Crippen molar-refractivity contribution in [3.05, 3.63) is 74.2 Å². The number of hydrogen-bond acceptors (Lipinski definition) is 5. The third kappa shape index (κ3) is 4.14. The first-order chi connectivity index (χ1) is 13.8. The van der Waals surface area contributed by atoms with Crippen molar-refractivity contribution in [2.45, 2.75) is 6.42 Å². The number of halogens is 2. The standard InChI is InChI=1S/C21H15FIN3O3/c1-29-20-13(7-14(22)8-15(20)21(25)28)6-11-2-4-12(5-3-11)18-16(9-24)19(27)17(23)10-26-18/h2-5,7-8,10H,6H2,1H3,(H2,25,28)(H,26,27). The van der Waals surface area contributed by atoms with Gasteiger partial charge in [-0.2, -0.15) is 5.26 Å². The second kappa shape index (κ2) is 8.45. The minimum Gasteiger partial charge on any atom is -0.505 e. The Kier molecular flexibility index (Phi) is 5.98. The van der Waals surface area contributed by atoms with E-state index in [4.69, 9.17) is 10.5 Å². The van der Waals surface area contributed by atoms with Gasteiger partial charge in [0.2, 0.25) is 0 Å². The fourth-order valence-corrected chi connectivity index (χ4v) is 3.42. The lowest BCUT2D eigenvalue weighted by Gasteiger charge is -2.13. The topological polar surface area (TPSA) is 109 Å². The van der Waals surface area contributed by atoms with Crippen LogP contribution >= 0.6 is 22.6 Å². The largest absolute Gasteiger partial charge is 0.505 e. The Hall–Kier alpha value is -3.19. The highest BCUT2D eigenvalue weighted by atomic mass is 127. The zero-order valence-corrected chi connectivity index (χ0v) is 17.4. The molecule has 6 nitrogen and oxygen atoms in total. The van der Waals surface area contributed by atoms with Gasteiger partial charge < -0.3 is 15.6 Å². The van der Waals surface area contributed by atoms with Crippen LogP contribution in [0.2, 0.25) is 0 Å². The number of pyridine rings is 1. The summed E-state index contributed by atoms with van der Waals surface area (Å²) in [6, 6.07) is 11.4. The van der Waals surface area contributed by atoms with Gasteiger partial charge in [0.05, 0.1) is 21.9 Å². The quantitative estimate of drug-likeness (QED) is 0.516. The van der Waals surface area contributed by atoms with Gasteiger partial charge in [0.1, 0.15) is 28.9 Å². The molecule has 1 aromatic heterocycles. The van der Waals surface area contributed by atoms with Gasteiger partial charge >= 0.3 is 0 Å². The fraction of sp³-hybridized carbons (Fsp3) is 0.0952. The number of amides is 1. The summed E-state index contributed by atoms with van der Waals surface area (Å²) in [5.41, 5.74) is 7.73. The number of aromatic hydroxyl groups is 1. The van der Waals surface area contributed by atoms with Gasteiger partial charge in [-0.3, -0.25) is 9.78 Å². The van der Waals surface area contributed by atoms with Crippen LogP contribution in [0.1, 0.15) is 27.0 Å². The number of benzene rings is 2. The molecule has 0 aliphatic heterocycles. The van der Waals surface area contributed by atoms with Crippen molar-refractivity contribution in [3.63, 3.8) is 0 Å². The Morgan fingerprint density at radius 1 is 1.34 bits per heavy atom. The number of nitrogens with zero attached hydrogens (tertiary/aromatic N) is 2. The molecule has 0 unspecified atom stereocenters. The molecule has 2 aromatic carbocycles. The first-order valence-corrected chi connectivity index (χ1v) is 9.46. The van der Waals surface area contributed by atoms with Crippen LogP contribution in [0.3, 0.4) is 0 Å². The monoisotopic (exact) mass is 503 g/mol. The fourth-order valence-electron chi connectivity index (χ4n) is 3.01. The first kappa shape index (κ1) is 20.5. The average molecular weight is 503 g/mol. The minimum absolute atomic E-state index is 0.0173. The summed E-state index contributed by atoms with van der Waals surface area (Å²) < 4.78 is 19.7. The smallest absolute Gasteiger partial charge is 0.252 e. The van der Waals surface area contributed by atoms with Gasteiger partial charge in [-0.15, -0.1) is 0 Å². The van der Waals surface area contributed by atoms with Crippen LogP contribution in [0.15, 0.2) is 42.6 Å². The van der Waals surface area contributed by atoms with Gasteiger partial charge in [0, 0.05) is 23.7 Å². The molecule has 146 valence electrons. The third-order valence-corrected chi connectivity index (χ3v) is 5.13. The maximum atomic E-state index is 13.9. The van der Waals surface area contributed by atoms with Crippen molar-refractivity contribution >= 4 is 28.5 Å². The molecule has 29 heavy (non-hydrogen) atoms. The summed E-state index contributed by atoms with van der Waals surface area (Å²) in [5, 5.41) is 19.4. The van der Waals surface area contributed by atoms with Crippen molar-refractivity contribution in [1.82, 2.24) is 4.98 Å². The molecule has 3 N–H and O–H groups in total. The molecule has 0 radical (unpaired) electrons. The van der Waals surface area contributed by atoms with Crippen LogP contribution in [0.4, 0.5) is 4.39 Å². The normalized spacial score (nSPS) is 10.4. The van der Waals surface area contributed by atoms with E-state index in [1.54, 1.807) is 24.3 Å². The molecule has 0 spiro atoms. The van der Waals surface area contributed by atoms with Crippen LogP contribution in [0, 0.1) is 20.7 Å². The number of carbonyl (C=O) groups excluding carboxylic acids is 1. The van der Waals surface area contributed by atoms with Crippen LogP contribution in [0.5, 0.6) is 11.5 Å². The minimum atomic E-state index is -0.772. The van der Waals surface area contributed by atoms with Gasteiger partial charge in [-0.05, 0) is 40.3 Å². The molecule has 0 saturated heterocycles. The lowest BCUT2D eigenvalue weighted by Crippen LogP contribution is -2.14. The lowest BCUT2D eigenvalue weighted by molar-refractivity contribution is 0.0996. The molecule has 3 rings (SSSR count). The molecular weight excluding hydrogens is 488 g/mol. The van der Waals surface area contributed by atoms with E-state index in [9.17, 15) is 19.6 Å². The summed E-state index contributed by atoms with van der Waals surface area (Å²) in [6.45, 7) is 0.